The van der Waals surface area contributed by atoms with Crippen LogP contribution in [0.4, 0.5) is 24.5 Å². The van der Waals surface area contributed by atoms with Gasteiger partial charge in [-0.1, -0.05) is 0 Å². The van der Waals surface area contributed by atoms with E-state index in [1.165, 1.54) is 4.90 Å². The highest BCUT2D eigenvalue weighted by molar-refractivity contribution is 7.90. The van der Waals surface area contributed by atoms with E-state index in [0.29, 0.717) is 25.7 Å². The van der Waals surface area contributed by atoms with E-state index in [1.807, 2.05) is 4.90 Å². The smallest absolute Gasteiger partial charge is 0.368 e. The van der Waals surface area contributed by atoms with Gasteiger partial charge in [0.1, 0.15) is 9.84 Å². The number of alkyl halides is 3. The average molecular weight is 381 g/mol. The maximum atomic E-state index is 13.2. The molecule has 1 saturated heterocycles. The van der Waals surface area contributed by atoms with E-state index in [1.54, 1.807) is 0 Å². The summed E-state index contributed by atoms with van der Waals surface area (Å²) in [5.74, 6) is -0.00165. The topological polar surface area (TPSA) is 83.8 Å². The number of anilines is 1. The fourth-order valence-electron chi connectivity index (χ4n) is 2.65. The molecule has 0 aliphatic carbocycles. The van der Waals surface area contributed by atoms with E-state index in [0.717, 1.165) is 18.4 Å². The summed E-state index contributed by atoms with van der Waals surface area (Å²) in [6, 6.07) is 2.72. The van der Waals surface area contributed by atoms with Crippen molar-refractivity contribution in [3.8, 4) is 0 Å². The van der Waals surface area contributed by atoms with Crippen molar-refractivity contribution in [2.75, 3.05) is 49.6 Å². The minimum Gasteiger partial charge on any atom is -0.368 e. The normalized spacial score (nSPS) is 16.9. The molecule has 1 aliphatic heterocycles. The van der Waals surface area contributed by atoms with Gasteiger partial charge < -0.3 is 4.90 Å². The molecule has 1 fully saturated rings. The number of non-ortho nitro benzene ring substituents is 1. The molecular formula is C14H18F3N3O4S. The summed E-state index contributed by atoms with van der Waals surface area (Å²) in [5, 5.41) is 10.7. The lowest BCUT2D eigenvalue weighted by molar-refractivity contribution is -0.385. The number of nitro benzene ring substituents is 1. The first-order valence-electron chi connectivity index (χ1n) is 7.48. The van der Waals surface area contributed by atoms with Gasteiger partial charge in [-0.2, -0.15) is 13.2 Å². The van der Waals surface area contributed by atoms with E-state index >= 15 is 0 Å². The number of hydrogen-bond donors (Lipinski definition) is 0. The zero-order valence-electron chi connectivity index (χ0n) is 13.5. The predicted molar refractivity (Wildman–Crippen MR) is 86.5 cm³/mol. The Morgan fingerprint density at radius 1 is 1.20 bits per heavy atom. The van der Waals surface area contributed by atoms with Crippen molar-refractivity contribution in [2.24, 2.45) is 0 Å². The summed E-state index contributed by atoms with van der Waals surface area (Å²) >= 11 is 0. The molecule has 0 aromatic heterocycles. The zero-order valence-corrected chi connectivity index (χ0v) is 14.3. The molecular weight excluding hydrogens is 363 g/mol. The summed E-state index contributed by atoms with van der Waals surface area (Å²) in [7, 11) is -3.10. The van der Waals surface area contributed by atoms with Gasteiger partial charge in [0.05, 0.1) is 16.2 Å². The second kappa shape index (κ2) is 7.16. The summed E-state index contributed by atoms with van der Waals surface area (Å²) in [5.41, 5.74) is -1.74. The van der Waals surface area contributed by atoms with Crippen molar-refractivity contribution in [1.29, 1.82) is 0 Å². The molecule has 0 unspecified atom stereocenters. The highest BCUT2D eigenvalue weighted by atomic mass is 32.2. The SMILES string of the molecule is CS(=O)(=O)CCN1CCN(c2ccc([N+](=O)[O-])cc2C(F)(F)F)CC1. The number of nitrogens with zero attached hydrogens (tertiary/aromatic N) is 3. The maximum Gasteiger partial charge on any atom is 0.418 e. The van der Waals surface area contributed by atoms with Gasteiger partial charge in [0.2, 0.25) is 0 Å². The number of hydrogen-bond acceptors (Lipinski definition) is 6. The van der Waals surface area contributed by atoms with Gasteiger partial charge in [-0.05, 0) is 6.07 Å². The Bertz CT molecular complexity index is 744. The van der Waals surface area contributed by atoms with E-state index in [-0.39, 0.29) is 24.5 Å². The van der Waals surface area contributed by atoms with E-state index in [9.17, 15) is 31.7 Å². The molecule has 0 atom stereocenters. The second-order valence-corrected chi connectivity index (χ2v) is 8.17. The van der Waals surface area contributed by atoms with E-state index < -0.39 is 32.2 Å². The van der Waals surface area contributed by atoms with Crippen LogP contribution < -0.4 is 4.90 Å². The molecule has 1 heterocycles. The molecule has 2 rings (SSSR count). The molecule has 1 aromatic carbocycles. The molecule has 1 aromatic rings. The monoisotopic (exact) mass is 381 g/mol. The van der Waals surface area contributed by atoms with Crippen molar-refractivity contribution in [3.05, 3.63) is 33.9 Å². The van der Waals surface area contributed by atoms with Gasteiger partial charge >= 0.3 is 6.18 Å². The summed E-state index contributed by atoms with van der Waals surface area (Å²) in [6.07, 6.45) is -3.56. The van der Waals surface area contributed by atoms with Crippen molar-refractivity contribution in [3.63, 3.8) is 0 Å². The molecule has 0 spiro atoms. The van der Waals surface area contributed by atoms with Crippen LogP contribution in [0.1, 0.15) is 5.56 Å². The van der Waals surface area contributed by atoms with Crippen molar-refractivity contribution < 1.29 is 26.5 Å². The number of nitro groups is 1. The average Bonchev–Trinajstić information content (AvgIpc) is 2.51. The second-order valence-electron chi connectivity index (χ2n) is 5.91. The number of sulfone groups is 1. The Morgan fingerprint density at radius 2 is 1.80 bits per heavy atom. The van der Waals surface area contributed by atoms with Gasteiger partial charge in [-0.15, -0.1) is 0 Å². The van der Waals surface area contributed by atoms with Crippen molar-refractivity contribution in [1.82, 2.24) is 4.90 Å². The Hall–Kier alpha value is -1.88. The molecule has 0 bridgehead atoms. The van der Waals surface area contributed by atoms with Crippen LogP contribution >= 0.6 is 0 Å². The van der Waals surface area contributed by atoms with Crippen LogP contribution in [0.5, 0.6) is 0 Å². The van der Waals surface area contributed by atoms with Crippen LogP contribution in [-0.4, -0.2) is 63.0 Å². The van der Waals surface area contributed by atoms with Crippen LogP contribution in [0.15, 0.2) is 18.2 Å². The number of halogens is 3. The summed E-state index contributed by atoms with van der Waals surface area (Å²) in [6.45, 7) is 1.74. The molecule has 0 saturated carbocycles. The fraction of sp³-hybridized carbons (Fsp3) is 0.571. The van der Waals surface area contributed by atoms with Crippen molar-refractivity contribution in [2.45, 2.75) is 6.18 Å². The molecule has 25 heavy (non-hydrogen) atoms. The molecule has 0 amide bonds. The molecule has 0 N–H and O–H groups in total. The first-order chi connectivity index (χ1) is 11.5. The minimum absolute atomic E-state index is 0.00165. The number of benzene rings is 1. The molecule has 0 radical (unpaired) electrons. The third-order valence-corrected chi connectivity index (χ3v) is 4.91. The van der Waals surface area contributed by atoms with Crippen LogP contribution in [0.25, 0.3) is 0 Å². The van der Waals surface area contributed by atoms with Crippen molar-refractivity contribution >= 4 is 21.2 Å². The predicted octanol–water partition coefficient (Wildman–Crippen LogP) is 1.78. The molecule has 11 heteroatoms. The first-order valence-corrected chi connectivity index (χ1v) is 9.54. The zero-order chi connectivity index (χ0) is 18.8. The number of rotatable bonds is 5. The largest absolute Gasteiger partial charge is 0.418 e. The van der Waals surface area contributed by atoms with Crippen LogP contribution in [-0.2, 0) is 16.0 Å². The highest BCUT2D eigenvalue weighted by Crippen LogP contribution is 2.39. The molecule has 1 aliphatic rings. The fourth-order valence-corrected chi connectivity index (χ4v) is 3.24. The van der Waals surface area contributed by atoms with Gasteiger partial charge in [0.25, 0.3) is 5.69 Å². The standard InChI is InChI=1S/C14H18F3N3O4S/c1-25(23,24)9-8-18-4-6-19(7-5-18)13-3-2-11(20(21)22)10-12(13)14(15,16)17/h2-3,10H,4-9H2,1H3. The first kappa shape index (κ1) is 19.4. The highest BCUT2D eigenvalue weighted by Gasteiger charge is 2.37. The summed E-state index contributed by atoms with van der Waals surface area (Å²) in [4.78, 5) is 13.3. The van der Waals surface area contributed by atoms with Gasteiger partial charge in [0, 0.05) is 56.8 Å². The summed E-state index contributed by atoms with van der Waals surface area (Å²) < 4.78 is 62.1. The molecule has 140 valence electrons. The van der Waals surface area contributed by atoms with Gasteiger partial charge in [-0.25, -0.2) is 8.42 Å². The number of piperazine rings is 1. The Kier molecular flexibility index (Phi) is 5.57. The maximum absolute atomic E-state index is 13.2. The van der Waals surface area contributed by atoms with E-state index in [4.69, 9.17) is 0 Å². The van der Waals surface area contributed by atoms with Crippen LogP contribution in [0.2, 0.25) is 0 Å². The third kappa shape index (κ3) is 5.30. The Balaban J connectivity index is 2.14. The van der Waals surface area contributed by atoms with E-state index in [2.05, 4.69) is 0 Å². The Morgan fingerprint density at radius 3 is 2.28 bits per heavy atom. The van der Waals surface area contributed by atoms with Gasteiger partial charge in [0.15, 0.2) is 0 Å². The third-order valence-electron chi connectivity index (χ3n) is 3.99. The van der Waals surface area contributed by atoms with Crippen LogP contribution in [0, 0.1) is 10.1 Å². The lowest BCUT2D eigenvalue weighted by Crippen LogP contribution is -2.48. The lowest BCUT2D eigenvalue weighted by Gasteiger charge is -2.37. The van der Waals surface area contributed by atoms with Gasteiger partial charge in [-0.3, -0.25) is 15.0 Å². The minimum atomic E-state index is -4.70. The quantitative estimate of drug-likeness (QED) is 0.571. The van der Waals surface area contributed by atoms with Crippen LogP contribution in [0.3, 0.4) is 0 Å². The Labute approximate surface area is 143 Å². The molecule has 7 nitrogen and oxygen atoms in total. The lowest BCUT2D eigenvalue weighted by atomic mass is 10.1.